The molecule has 0 fully saturated rings. The van der Waals surface area contributed by atoms with Gasteiger partial charge >= 0.3 is 0 Å². The van der Waals surface area contributed by atoms with Gasteiger partial charge in [0.15, 0.2) is 0 Å². The Labute approximate surface area is 151 Å². The zero-order valence-electron chi connectivity index (χ0n) is 15.8. The summed E-state index contributed by atoms with van der Waals surface area (Å²) in [6.07, 6.45) is 2.07. The van der Waals surface area contributed by atoms with Gasteiger partial charge < -0.3 is 10.1 Å². The van der Waals surface area contributed by atoms with Crippen LogP contribution in [0.5, 0.6) is 5.75 Å². The quantitative estimate of drug-likeness (QED) is 0.684. The van der Waals surface area contributed by atoms with Gasteiger partial charge in [0, 0.05) is 6.42 Å². The molecule has 3 heteroatoms. The van der Waals surface area contributed by atoms with E-state index < -0.39 is 0 Å². The lowest BCUT2D eigenvalue weighted by atomic mass is 9.99. The summed E-state index contributed by atoms with van der Waals surface area (Å²) in [5.74, 6) is 0.935. The predicted octanol–water partition coefficient (Wildman–Crippen LogP) is 5.04. The molecule has 0 aromatic heterocycles. The molecular formula is C22H29NO2. The highest BCUT2D eigenvalue weighted by Crippen LogP contribution is 2.20. The maximum Gasteiger partial charge on any atom is 0.220 e. The first-order valence-corrected chi connectivity index (χ1v) is 9.05. The van der Waals surface area contributed by atoms with Crippen LogP contribution in [0.25, 0.3) is 0 Å². The first-order chi connectivity index (χ1) is 12.0. The molecule has 0 bridgehead atoms. The molecule has 0 heterocycles. The molecule has 0 spiro atoms. The molecule has 1 amide bonds. The van der Waals surface area contributed by atoms with Crippen molar-refractivity contribution < 1.29 is 9.53 Å². The van der Waals surface area contributed by atoms with Crippen LogP contribution in [0, 0.1) is 20.8 Å². The zero-order valence-corrected chi connectivity index (χ0v) is 15.8. The van der Waals surface area contributed by atoms with Crippen molar-refractivity contribution in [1.82, 2.24) is 5.32 Å². The molecule has 1 atom stereocenters. The molecule has 0 saturated heterocycles. The number of carbonyl (C=O) groups is 1. The number of nitrogens with one attached hydrogen (secondary N) is 1. The largest absolute Gasteiger partial charge is 0.494 e. The molecule has 0 aliphatic heterocycles. The van der Waals surface area contributed by atoms with Crippen molar-refractivity contribution in [3.05, 3.63) is 64.7 Å². The second-order valence-electron chi connectivity index (χ2n) is 6.64. The number of ether oxygens (including phenoxy) is 1. The van der Waals surface area contributed by atoms with Gasteiger partial charge in [0.05, 0.1) is 12.6 Å². The zero-order chi connectivity index (χ0) is 18.2. The number of carbonyl (C=O) groups excluding carboxylic acids is 1. The summed E-state index contributed by atoms with van der Waals surface area (Å²) in [6, 6.07) is 14.4. The molecule has 2 aromatic carbocycles. The van der Waals surface area contributed by atoms with Crippen molar-refractivity contribution in [2.45, 2.75) is 53.0 Å². The van der Waals surface area contributed by atoms with Crippen molar-refractivity contribution in [1.29, 1.82) is 0 Å². The van der Waals surface area contributed by atoms with Crippen LogP contribution in [0.15, 0.2) is 42.5 Å². The van der Waals surface area contributed by atoms with E-state index in [0.717, 1.165) is 12.2 Å². The van der Waals surface area contributed by atoms with E-state index in [1.807, 2.05) is 31.2 Å². The Bertz CT molecular complexity index is 692. The fourth-order valence-electron chi connectivity index (χ4n) is 2.73. The van der Waals surface area contributed by atoms with Gasteiger partial charge in [0.1, 0.15) is 5.75 Å². The van der Waals surface area contributed by atoms with Gasteiger partial charge in [0.2, 0.25) is 5.91 Å². The average Bonchev–Trinajstić information content (AvgIpc) is 2.60. The number of hydrogen-bond acceptors (Lipinski definition) is 2. The normalized spacial score (nSPS) is 11.8. The molecule has 1 N–H and O–H groups in total. The van der Waals surface area contributed by atoms with E-state index in [-0.39, 0.29) is 11.9 Å². The van der Waals surface area contributed by atoms with Crippen LogP contribution in [0.4, 0.5) is 0 Å². The third-order valence-electron chi connectivity index (χ3n) is 4.51. The third-order valence-corrected chi connectivity index (χ3v) is 4.51. The van der Waals surface area contributed by atoms with Gasteiger partial charge in [-0.1, -0.05) is 42.8 Å². The standard InChI is InChI=1S/C22H29NO2/c1-5-21(19-11-10-17(3)18(4)15-19)23-22(24)7-6-14-25-20-12-8-16(2)9-13-20/h8-13,15,21H,5-7,14H2,1-4H3,(H,23,24)/t21-/m0/s1. The van der Waals surface area contributed by atoms with Crippen molar-refractivity contribution in [2.24, 2.45) is 0 Å². The number of aryl methyl sites for hydroxylation is 3. The topological polar surface area (TPSA) is 38.3 Å². The molecule has 0 aliphatic carbocycles. The number of amides is 1. The summed E-state index contributed by atoms with van der Waals surface area (Å²) < 4.78 is 5.68. The lowest BCUT2D eigenvalue weighted by Crippen LogP contribution is -2.28. The highest BCUT2D eigenvalue weighted by Gasteiger charge is 2.13. The van der Waals surface area contributed by atoms with Gasteiger partial charge in [-0.3, -0.25) is 4.79 Å². The monoisotopic (exact) mass is 339 g/mol. The van der Waals surface area contributed by atoms with E-state index in [0.29, 0.717) is 19.4 Å². The summed E-state index contributed by atoms with van der Waals surface area (Å²) >= 11 is 0. The fourth-order valence-corrected chi connectivity index (χ4v) is 2.73. The smallest absolute Gasteiger partial charge is 0.220 e. The Morgan fingerprint density at radius 1 is 1.04 bits per heavy atom. The summed E-state index contributed by atoms with van der Waals surface area (Å²) in [5, 5.41) is 3.14. The minimum atomic E-state index is 0.0739. The van der Waals surface area contributed by atoms with E-state index in [4.69, 9.17) is 4.74 Å². The van der Waals surface area contributed by atoms with E-state index in [1.54, 1.807) is 0 Å². The van der Waals surface area contributed by atoms with Crippen LogP contribution in [0.2, 0.25) is 0 Å². The van der Waals surface area contributed by atoms with Crippen molar-refractivity contribution >= 4 is 5.91 Å². The van der Waals surface area contributed by atoms with Gasteiger partial charge in [-0.15, -0.1) is 0 Å². The molecule has 0 unspecified atom stereocenters. The Morgan fingerprint density at radius 3 is 2.40 bits per heavy atom. The van der Waals surface area contributed by atoms with Gasteiger partial charge in [0.25, 0.3) is 0 Å². The van der Waals surface area contributed by atoms with Crippen LogP contribution in [-0.2, 0) is 4.79 Å². The SMILES string of the molecule is CC[C@H](NC(=O)CCCOc1ccc(C)cc1)c1ccc(C)c(C)c1. The van der Waals surface area contributed by atoms with Gasteiger partial charge in [-0.25, -0.2) is 0 Å². The fraction of sp³-hybridized carbons (Fsp3) is 0.409. The highest BCUT2D eigenvalue weighted by molar-refractivity contribution is 5.76. The van der Waals surface area contributed by atoms with Crippen molar-refractivity contribution in [3.8, 4) is 5.75 Å². The lowest BCUT2D eigenvalue weighted by molar-refractivity contribution is -0.122. The molecule has 3 nitrogen and oxygen atoms in total. The van der Waals surface area contributed by atoms with Crippen LogP contribution < -0.4 is 10.1 Å². The molecule has 0 aliphatic rings. The van der Waals surface area contributed by atoms with Crippen LogP contribution in [0.1, 0.15) is 54.5 Å². The minimum absolute atomic E-state index is 0.0739. The second-order valence-corrected chi connectivity index (χ2v) is 6.64. The molecule has 2 rings (SSSR count). The van der Waals surface area contributed by atoms with Gasteiger partial charge in [-0.2, -0.15) is 0 Å². The maximum absolute atomic E-state index is 12.2. The first kappa shape index (κ1) is 19.0. The van der Waals surface area contributed by atoms with Gasteiger partial charge in [-0.05, 0) is 62.4 Å². The average molecular weight is 339 g/mol. The Kier molecular flexibility index (Phi) is 7.05. The molecule has 0 saturated carbocycles. The van der Waals surface area contributed by atoms with Crippen LogP contribution >= 0.6 is 0 Å². The second kappa shape index (κ2) is 9.26. The third kappa shape index (κ3) is 5.93. The van der Waals surface area contributed by atoms with E-state index >= 15 is 0 Å². The van der Waals surface area contributed by atoms with Crippen LogP contribution in [0.3, 0.4) is 0 Å². The molecular weight excluding hydrogens is 310 g/mol. The summed E-state index contributed by atoms with van der Waals surface area (Å²) in [4.78, 5) is 12.2. The van der Waals surface area contributed by atoms with E-state index in [1.165, 1.54) is 22.3 Å². The molecule has 25 heavy (non-hydrogen) atoms. The molecule has 134 valence electrons. The van der Waals surface area contributed by atoms with E-state index in [9.17, 15) is 4.79 Å². The molecule has 2 aromatic rings. The molecule has 0 radical (unpaired) electrons. The lowest BCUT2D eigenvalue weighted by Gasteiger charge is -2.18. The Morgan fingerprint density at radius 2 is 1.76 bits per heavy atom. The number of rotatable bonds is 8. The maximum atomic E-state index is 12.2. The summed E-state index contributed by atoms with van der Waals surface area (Å²) in [7, 11) is 0. The van der Waals surface area contributed by atoms with Crippen LogP contribution in [-0.4, -0.2) is 12.5 Å². The Hall–Kier alpha value is -2.29. The van der Waals surface area contributed by atoms with Crippen molar-refractivity contribution in [2.75, 3.05) is 6.61 Å². The predicted molar refractivity (Wildman–Crippen MR) is 103 cm³/mol. The minimum Gasteiger partial charge on any atom is -0.494 e. The highest BCUT2D eigenvalue weighted by atomic mass is 16.5. The summed E-state index contributed by atoms with van der Waals surface area (Å²) in [6.45, 7) is 8.91. The number of hydrogen-bond donors (Lipinski definition) is 1. The van der Waals surface area contributed by atoms with E-state index in [2.05, 4.69) is 44.3 Å². The number of benzene rings is 2. The first-order valence-electron chi connectivity index (χ1n) is 9.05. The van der Waals surface area contributed by atoms with Crippen molar-refractivity contribution in [3.63, 3.8) is 0 Å². The Balaban J connectivity index is 1.77. The summed E-state index contributed by atoms with van der Waals surface area (Å²) in [5.41, 5.74) is 4.92.